The predicted molar refractivity (Wildman–Crippen MR) is 62.8 cm³/mol. The van der Waals surface area contributed by atoms with E-state index in [4.69, 9.17) is 0 Å². The molecule has 0 bridgehead atoms. The summed E-state index contributed by atoms with van der Waals surface area (Å²) in [5.41, 5.74) is 0.169. The van der Waals surface area contributed by atoms with Crippen molar-refractivity contribution < 1.29 is 4.79 Å². The number of pyridine rings is 1. The number of likely N-dealkylation sites (tertiary alicyclic amines) is 1. The van der Waals surface area contributed by atoms with Gasteiger partial charge in [0, 0.05) is 32.2 Å². The molecule has 2 fully saturated rings. The van der Waals surface area contributed by atoms with Crippen LogP contribution < -0.4 is 10.9 Å². The molecule has 0 spiro atoms. The Morgan fingerprint density at radius 1 is 1.24 bits per heavy atom. The lowest BCUT2D eigenvalue weighted by Gasteiger charge is -2.17. The maximum atomic E-state index is 12.2. The van der Waals surface area contributed by atoms with Crippen LogP contribution in [0.3, 0.4) is 0 Å². The molecule has 2 atom stereocenters. The zero-order valence-corrected chi connectivity index (χ0v) is 9.48. The molecular weight excluding hydrogens is 218 g/mol. The minimum absolute atomic E-state index is 0.0582. The zero-order valence-electron chi connectivity index (χ0n) is 9.48. The number of fused-ring (bicyclic) bond motifs is 1. The van der Waals surface area contributed by atoms with Crippen LogP contribution in [-0.2, 0) is 0 Å². The molecule has 3 heterocycles. The van der Waals surface area contributed by atoms with E-state index in [1.807, 2.05) is 4.90 Å². The van der Waals surface area contributed by atoms with Crippen LogP contribution in [0.25, 0.3) is 0 Å². The molecule has 2 saturated heterocycles. The number of rotatable bonds is 1. The van der Waals surface area contributed by atoms with Gasteiger partial charge in [0.05, 0.1) is 0 Å². The average molecular weight is 233 g/mol. The van der Waals surface area contributed by atoms with Crippen molar-refractivity contribution in [1.29, 1.82) is 0 Å². The van der Waals surface area contributed by atoms with E-state index in [-0.39, 0.29) is 11.5 Å². The topological polar surface area (TPSA) is 65.2 Å². The molecule has 0 aromatic carbocycles. The molecule has 2 N–H and O–H groups in total. The van der Waals surface area contributed by atoms with Gasteiger partial charge in [-0.2, -0.15) is 0 Å². The van der Waals surface area contributed by atoms with Crippen LogP contribution in [0.15, 0.2) is 23.0 Å². The highest BCUT2D eigenvalue weighted by Crippen LogP contribution is 2.26. The maximum Gasteiger partial charge on any atom is 0.270 e. The van der Waals surface area contributed by atoms with Gasteiger partial charge in [0.2, 0.25) is 5.56 Å². The highest BCUT2D eigenvalue weighted by Gasteiger charge is 2.38. The van der Waals surface area contributed by atoms with E-state index in [9.17, 15) is 9.59 Å². The Balaban J connectivity index is 1.77. The van der Waals surface area contributed by atoms with Gasteiger partial charge in [-0.1, -0.05) is 6.07 Å². The third kappa shape index (κ3) is 1.86. The molecule has 1 amide bonds. The summed E-state index contributed by atoms with van der Waals surface area (Å²) < 4.78 is 0. The van der Waals surface area contributed by atoms with Gasteiger partial charge in [-0.3, -0.25) is 9.59 Å². The second-order valence-corrected chi connectivity index (χ2v) is 4.82. The summed E-state index contributed by atoms with van der Waals surface area (Å²) in [6.45, 7) is 3.60. The van der Waals surface area contributed by atoms with Gasteiger partial charge in [-0.15, -0.1) is 0 Å². The number of aromatic nitrogens is 1. The average Bonchev–Trinajstić information content (AvgIpc) is 2.88. The maximum absolute atomic E-state index is 12.2. The van der Waals surface area contributed by atoms with Crippen LogP contribution in [0.2, 0.25) is 0 Å². The minimum Gasteiger partial charge on any atom is -0.337 e. The smallest absolute Gasteiger partial charge is 0.270 e. The van der Waals surface area contributed by atoms with Gasteiger partial charge < -0.3 is 15.2 Å². The number of carbonyl (C=O) groups excluding carboxylic acids is 1. The first-order valence-corrected chi connectivity index (χ1v) is 5.93. The van der Waals surface area contributed by atoms with Crippen molar-refractivity contribution in [3.63, 3.8) is 0 Å². The standard InChI is InChI=1S/C12H15N3O2/c16-11-3-1-2-10(14-11)12(17)15-6-8-4-13-5-9(8)7-15/h1-3,8-9,13H,4-7H2,(H,14,16). The van der Waals surface area contributed by atoms with E-state index in [0.29, 0.717) is 17.5 Å². The molecule has 0 radical (unpaired) electrons. The number of amides is 1. The fraction of sp³-hybridized carbons (Fsp3) is 0.500. The predicted octanol–water partition coefficient (Wildman–Crippen LogP) is -0.334. The van der Waals surface area contributed by atoms with E-state index >= 15 is 0 Å². The van der Waals surface area contributed by atoms with Crippen LogP contribution >= 0.6 is 0 Å². The molecule has 0 saturated carbocycles. The summed E-state index contributed by atoms with van der Waals surface area (Å²) in [5.74, 6) is 1.10. The summed E-state index contributed by atoms with van der Waals surface area (Å²) in [5, 5.41) is 3.34. The number of hydrogen-bond donors (Lipinski definition) is 2. The number of nitrogens with zero attached hydrogens (tertiary/aromatic N) is 1. The normalized spacial score (nSPS) is 27.2. The lowest BCUT2D eigenvalue weighted by atomic mass is 10.0. The Kier molecular flexibility index (Phi) is 2.48. The second-order valence-electron chi connectivity index (χ2n) is 4.82. The van der Waals surface area contributed by atoms with E-state index in [1.165, 1.54) is 6.07 Å². The van der Waals surface area contributed by atoms with Crippen LogP contribution in [0, 0.1) is 11.8 Å². The molecule has 1 aromatic heterocycles. The molecule has 0 aliphatic carbocycles. The van der Waals surface area contributed by atoms with Crippen molar-refractivity contribution in [3.05, 3.63) is 34.2 Å². The van der Waals surface area contributed by atoms with Crippen LogP contribution in [0.1, 0.15) is 10.5 Å². The van der Waals surface area contributed by atoms with Gasteiger partial charge in [-0.05, 0) is 17.9 Å². The molecule has 2 unspecified atom stereocenters. The number of hydrogen-bond acceptors (Lipinski definition) is 3. The lowest BCUT2D eigenvalue weighted by Crippen LogP contribution is -2.33. The SMILES string of the molecule is O=C(c1cccc(=O)[nH]1)N1CC2CNCC2C1. The summed E-state index contributed by atoms with van der Waals surface area (Å²) >= 11 is 0. The van der Waals surface area contributed by atoms with E-state index < -0.39 is 0 Å². The Bertz CT molecular complexity index is 485. The number of nitrogens with one attached hydrogen (secondary N) is 2. The molecule has 1 aromatic rings. The molecular formula is C12H15N3O2. The third-order valence-electron chi connectivity index (χ3n) is 3.68. The van der Waals surface area contributed by atoms with Crippen molar-refractivity contribution in [2.45, 2.75) is 0 Å². The fourth-order valence-corrected chi connectivity index (χ4v) is 2.76. The van der Waals surface area contributed by atoms with E-state index in [1.54, 1.807) is 12.1 Å². The minimum atomic E-state index is -0.225. The summed E-state index contributed by atoms with van der Waals surface area (Å²) in [6.07, 6.45) is 0. The Hall–Kier alpha value is -1.62. The van der Waals surface area contributed by atoms with Crippen molar-refractivity contribution in [3.8, 4) is 0 Å². The summed E-state index contributed by atoms with van der Waals surface area (Å²) in [4.78, 5) is 27.8. The van der Waals surface area contributed by atoms with Gasteiger partial charge in [0.15, 0.2) is 0 Å². The molecule has 2 aliphatic heterocycles. The molecule has 5 heteroatoms. The first-order valence-electron chi connectivity index (χ1n) is 5.93. The number of carbonyl (C=O) groups is 1. The zero-order chi connectivity index (χ0) is 11.8. The monoisotopic (exact) mass is 233 g/mol. The van der Waals surface area contributed by atoms with Gasteiger partial charge in [0.1, 0.15) is 5.69 Å². The highest BCUT2D eigenvalue weighted by molar-refractivity contribution is 5.92. The van der Waals surface area contributed by atoms with Crippen molar-refractivity contribution in [2.75, 3.05) is 26.2 Å². The molecule has 2 aliphatic rings. The largest absolute Gasteiger partial charge is 0.337 e. The second kappa shape index (κ2) is 4.00. The first-order chi connectivity index (χ1) is 8.24. The Morgan fingerprint density at radius 2 is 1.94 bits per heavy atom. The Morgan fingerprint density at radius 3 is 2.59 bits per heavy atom. The molecule has 90 valence electrons. The van der Waals surface area contributed by atoms with Gasteiger partial charge in [-0.25, -0.2) is 0 Å². The van der Waals surface area contributed by atoms with Crippen LogP contribution in [0.5, 0.6) is 0 Å². The molecule has 17 heavy (non-hydrogen) atoms. The van der Waals surface area contributed by atoms with Crippen molar-refractivity contribution in [2.24, 2.45) is 11.8 Å². The van der Waals surface area contributed by atoms with Crippen LogP contribution in [0.4, 0.5) is 0 Å². The number of H-pyrrole nitrogens is 1. The summed E-state index contributed by atoms with van der Waals surface area (Å²) in [6, 6.07) is 4.69. The third-order valence-corrected chi connectivity index (χ3v) is 3.68. The Labute approximate surface area is 98.8 Å². The lowest BCUT2D eigenvalue weighted by molar-refractivity contribution is 0.0775. The fourth-order valence-electron chi connectivity index (χ4n) is 2.76. The first kappa shape index (κ1) is 10.5. The van der Waals surface area contributed by atoms with E-state index in [0.717, 1.165) is 26.2 Å². The van der Waals surface area contributed by atoms with Gasteiger partial charge >= 0.3 is 0 Å². The molecule has 5 nitrogen and oxygen atoms in total. The van der Waals surface area contributed by atoms with Crippen molar-refractivity contribution in [1.82, 2.24) is 15.2 Å². The van der Waals surface area contributed by atoms with Crippen molar-refractivity contribution >= 4 is 5.91 Å². The van der Waals surface area contributed by atoms with Gasteiger partial charge in [0.25, 0.3) is 5.91 Å². The highest BCUT2D eigenvalue weighted by atomic mass is 16.2. The van der Waals surface area contributed by atoms with Crippen LogP contribution in [-0.4, -0.2) is 42.0 Å². The summed E-state index contributed by atoms with van der Waals surface area (Å²) in [7, 11) is 0. The van der Waals surface area contributed by atoms with E-state index in [2.05, 4.69) is 10.3 Å². The quantitative estimate of drug-likeness (QED) is 0.698. The number of aromatic amines is 1. The molecule has 3 rings (SSSR count).